The van der Waals surface area contributed by atoms with Crippen LogP contribution in [-0.2, 0) is 9.53 Å². The van der Waals surface area contributed by atoms with Crippen molar-refractivity contribution in [2.75, 3.05) is 0 Å². The maximum atomic E-state index is 11.3. The summed E-state index contributed by atoms with van der Waals surface area (Å²) in [5, 5.41) is 0. The third kappa shape index (κ3) is 6.38. The number of hydrogen-bond donors (Lipinski definition) is 0. The molecule has 0 aliphatic rings. The first-order valence-electron chi connectivity index (χ1n) is 4.95. The molecule has 0 aromatic carbocycles. The predicted molar refractivity (Wildman–Crippen MR) is 54.5 cm³/mol. The average molecular weight is 184 g/mol. The lowest BCUT2D eigenvalue weighted by Gasteiger charge is -2.07. The van der Waals surface area contributed by atoms with Gasteiger partial charge in [0.05, 0.1) is 6.10 Å². The molecule has 0 spiro atoms. The van der Waals surface area contributed by atoms with Crippen molar-refractivity contribution in [3.8, 4) is 0 Å². The van der Waals surface area contributed by atoms with Crippen LogP contribution in [0.25, 0.3) is 0 Å². The quantitative estimate of drug-likeness (QED) is 0.373. The lowest BCUT2D eigenvalue weighted by molar-refractivity contribution is -0.142. The van der Waals surface area contributed by atoms with E-state index in [2.05, 4.69) is 6.92 Å². The molecule has 0 saturated carbocycles. The van der Waals surface area contributed by atoms with Crippen molar-refractivity contribution in [1.82, 2.24) is 0 Å². The highest BCUT2D eigenvalue weighted by atomic mass is 16.5. The Labute approximate surface area is 81.0 Å². The lowest BCUT2D eigenvalue weighted by atomic mass is 10.2. The van der Waals surface area contributed by atoms with Gasteiger partial charge in [0.2, 0.25) is 0 Å². The molecule has 0 aliphatic carbocycles. The van der Waals surface area contributed by atoms with Gasteiger partial charge >= 0.3 is 5.97 Å². The minimum absolute atomic E-state index is 0.0259. The molecule has 0 saturated heterocycles. The highest BCUT2D eigenvalue weighted by Gasteiger charge is 2.06. The number of carbonyl (C=O) groups is 1. The van der Waals surface area contributed by atoms with Crippen molar-refractivity contribution in [3.63, 3.8) is 0 Å². The lowest BCUT2D eigenvalue weighted by Crippen LogP contribution is -2.12. The number of ether oxygens (including phenoxy) is 1. The van der Waals surface area contributed by atoms with Crippen LogP contribution < -0.4 is 0 Å². The van der Waals surface area contributed by atoms with Crippen LogP contribution in [0.4, 0.5) is 0 Å². The van der Waals surface area contributed by atoms with Crippen LogP contribution in [0.15, 0.2) is 11.6 Å². The monoisotopic (exact) mass is 184 g/mol. The summed E-state index contributed by atoms with van der Waals surface area (Å²) in [5.41, 5.74) is 0.724. The molecule has 0 aromatic rings. The molecular weight excluding hydrogens is 164 g/mol. The summed E-state index contributed by atoms with van der Waals surface area (Å²) in [6, 6.07) is 0. The zero-order valence-corrected chi connectivity index (χ0v) is 9.09. The minimum atomic E-state index is -0.189. The molecule has 0 bridgehead atoms. The third-order valence-corrected chi connectivity index (χ3v) is 1.67. The second-order valence-electron chi connectivity index (χ2n) is 3.48. The molecule has 76 valence electrons. The molecule has 0 unspecified atom stereocenters. The van der Waals surface area contributed by atoms with Gasteiger partial charge in [0.15, 0.2) is 0 Å². The van der Waals surface area contributed by atoms with Gasteiger partial charge in [-0.05, 0) is 27.2 Å². The SMILES string of the molecule is CCCCC=C(C)C(=O)OC(C)C. The standard InChI is InChI=1S/C11H20O2/c1-5-6-7-8-10(4)11(12)13-9(2)3/h8-9H,5-7H2,1-4H3. The number of esters is 1. The summed E-state index contributed by atoms with van der Waals surface area (Å²) in [7, 11) is 0. The molecular formula is C11H20O2. The van der Waals surface area contributed by atoms with E-state index in [9.17, 15) is 4.79 Å². The number of hydrogen-bond acceptors (Lipinski definition) is 2. The van der Waals surface area contributed by atoms with Crippen LogP contribution in [0, 0.1) is 0 Å². The molecule has 2 heteroatoms. The Balaban J connectivity index is 3.86. The van der Waals surface area contributed by atoms with Gasteiger partial charge in [0.1, 0.15) is 0 Å². The number of allylic oxidation sites excluding steroid dienone is 1. The van der Waals surface area contributed by atoms with E-state index in [-0.39, 0.29) is 12.1 Å². The Morgan fingerprint density at radius 2 is 2.08 bits per heavy atom. The Kier molecular flexibility index (Phi) is 6.29. The molecule has 0 aliphatic heterocycles. The fourth-order valence-electron chi connectivity index (χ4n) is 0.913. The molecule has 0 N–H and O–H groups in total. The van der Waals surface area contributed by atoms with E-state index in [0.717, 1.165) is 24.8 Å². The Bertz CT molecular complexity index is 181. The van der Waals surface area contributed by atoms with Gasteiger partial charge in [0.25, 0.3) is 0 Å². The summed E-state index contributed by atoms with van der Waals surface area (Å²) in [4.78, 5) is 11.3. The molecule has 0 rings (SSSR count). The Hall–Kier alpha value is -0.790. The summed E-state index contributed by atoms with van der Waals surface area (Å²) >= 11 is 0. The van der Waals surface area contributed by atoms with Gasteiger partial charge in [-0.25, -0.2) is 4.79 Å². The topological polar surface area (TPSA) is 26.3 Å². The third-order valence-electron chi connectivity index (χ3n) is 1.67. The Morgan fingerprint density at radius 3 is 2.54 bits per heavy atom. The van der Waals surface area contributed by atoms with Crippen molar-refractivity contribution in [3.05, 3.63) is 11.6 Å². The molecule has 0 radical (unpaired) electrons. The van der Waals surface area contributed by atoms with Crippen molar-refractivity contribution in [1.29, 1.82) is 0 Å². The molecule has 13 heavy (non-hydrogen) atoms. The van der Waals surface area contributed by atoms with Gasteiger partial charge < -0.3 is 4.74 Å². The van der Waals surface area contributed by atoms with E-state index in [4.69, 9.17) is 4.74 Å². The van der Waals surface area contributed by atoms with Crippen LogP contribution in [-0.4, -0.2) is 12.1 Å². The van der Waals surface area contributed by atoms with Crippen molar-refractivity contribution in [2.24, 2.45) is 0 Å². The highest BCUT2D eigenvalue weighted by Crippen LogP contribution is 2.04. The minimum Gasteiger partial charge on any atom is -0.460 e. The maximum Gasteiger partial charge on any atom is 0.333 e. The molecule has 0 aromatic heterocycles. The van der Waals surface area contributed by atoms with E-state index < -0.39 is 0 Å². The van der Waals surface area contributed by atoms with Crippen LogP contribution in [0.5, 0.6) is 0 Å². The first-order valence-corrected chi connectivity index (χ1v) is 4.95. The van der Waals surface area contributed by atoms with E-state index in [1.165, 1.54) is 0 Å². The molecule has 0 heterocycles. The zero-order chi connectivity index (χ0) is 10.3. The average Bonchev–Trinajstić information content (AvgIpc) is 2.03. The summed E-state index contributed by atoms with van der Waals surface area (Å²) < 4.78 is 5.04. The maximum absolute atomic E-state index is 11.3. The van der Waals surface area contributed by atoms with Gasteiger partial charge in [-0.3, -0.25) is 0 Å². The number of unbranched alkanes of at least 4 members (excludes halogenated alkanes) is 2. The van der Waals surface area contributed by atoms with Crippen LogP contribution >= 0.6 is 0 Å². The van der Waals surface area contributed by atoms with Gasteiger partial charge in [-0.1, -0.05) is 25.8 Å². The number of carbonyl (C=O) groups excluding carboxylic acids is 1. The van der Waals surface area contributed by atoms with E-state index in [1.54, 1.807) is 6.92 Å². The predicted octanol–water partition coefficient (Wildman–Crippen LogP) is 3.07. The highest BCUT2D eigenvalue weighted by molar-refractivity contribution is 5.87. The van der Waals surface area contributed by atoms with E-state index >= 15 is 0 Å². The van der Waals surface area contributed by atoms with Crippen molar-refractivity contribution < 1.29 is 9.53 Å². The Morgan fingerprint density at radius 1 is 1.46 bits per heavy atom. The van der Waals surface area contributed by atoms with Crippen LogP contribution in [0.1, 0.15) is 47.0 Å². The van der Waals surface area contributed by atoms with Gasteiger partial charge in [0, 0.05) is 5.57 Å². The van der Waals surface area contributed by atoms with Crippen molar-refractivity contribution in [2.45, 2.75) is 53.1 Å². The second kappa shape index (κ2) is 6.70. The van der Waals surface area contributed by atoms with E-state index in [1.807, 2.05) is 19.9 Å². The first kappa shape index (κ1) is 12.2. The largest absolute Gasteiger partial charge is 0.460 e. The normalized spacial score (nSPS) is 11.9. The fourth-order valence-corrected chi connectivity index (χ4v) is 0.913. The fraction of sp³-hybridized carbons (Fsp3) is 0.727. The van der Waals surface area contributed by atoms with Crippen molar-refractivity contribution >= 4 is 5.97 Å². The molecule has 0 fully saturated rings. The van der Waals surface area contributed by atoms with Crippen LogP contribution in [0.3, 0.4) is 0 Å². The van der Waals surface area contributed by atoms with E-state index in [0.29, 0.717) is 0 Å². The zero-order valence-electron chi connectivity index (χ0n) is 9.09. The van der Waals surface area contributed by atoms with Gasteiger partial charge in [-0.15, -0.1) is 0 Å². The van der Waals surface area contributed by atoms with Gasteiger partial charge in [-0.2, -0.15) is 0 Å². The van der Waals surface area contributed by atoms with Crippen LogP contribution in [0.2, 0.25) is 0 Å². The molecule has 2 nitrogen and oxygen atoms in total. The summed E-state index contributed by atoms with van der Waals surface area (Å²) in [5.74, 6) is -0.189. The first-order chi connectivity index (χ1) is 6.07. The smallest absolute Gasteiger partial charge is 0.333 e. The summed E-state index contributed by atoms with van der Waals surface area (Å²) in [6.45, 7) is 7.66. The second-order valence-corrected chi connectivity index (χ2v) is 3.48. The molecule has 0 atom stereocenters. The number of rotatable bonds is 5. The summed E-state index contributed by atoms with van der Waals surface area (Å²) in [6.07, 6.45) is 5.18. The molecule has 0 amide bonds.